The topological polar surface area (TPSA) is 111 Å². The number of amides is 1. The Kier molecular flexibility index (Phi) is 3.94. The molecular weight excluding hydrogens is 291 g/mol. The minimum atomic E-state index is -0.834. The fourth-order valence-corrected chi connectivity index (χ4v) is 1.76. The summed E-state index contributed by atoms with van der Waals surface area (Å²) in [7, 11) is 0. The zero-order chi connectivity index (χ0) is 16.5. The summed E-state index contributed by atoms with van der Waals surface area (Å²) in [6.45, 7) is 5.14. The second-order valence-electron chi connectivity index (χ2n) is 5.58. The summed E-state index contributed by atoms with van der Waals surface area (Å²) in [5.74, 6) is -2.22. The number of aromatic nitrogens is 3. The molecule has 1 amide bonds. The molecule has 0 bridgehead atoms. The number of esters is 1. The van der Waals surface area contributed by atoms with Gasteiger partial charge >= 0.3 is 5.97 Å². The maximum atomic E-state index is 14.2. The first-order valence-corrected chi connectivity index (χ1v) is 6.43. The maximum absolute atomic E-state index is 14.2. The average molecular weight is 306 g/mol. The minimum Gasteiger partial charge on any atom is -0.456 e. The molecule has 0 unspecified atom stereocenters. The van der Waals surface area contributed by atoms with Gasteiger partial charge in [-0.15, -0.1) is 0 Å². The van der Waals surface area contributed by atoms with Gasteiger partial charge in [-0.2, -0.15) is 15.4 Å². The van der Waals surface area contributed by atoms with E-state index in [0.717, 1.165) is 6.07 Å². The maximum Gasteiger partial charge on any atom is 0.338 e. The number of carbonyl (C=O) groups is 2. The number of nitrogens with one attached hydrogen (secondary N) is 1. The second kappa shape index (κ2) is 5.55. The van der Waals surface area contributed by atoms with Gasteiger partial charge in [-0.05, 0) is 39.0 Å². The van der Waals surface area contributed by atoms with Crippen LogP contribution >= 0.6 is 0 Å². The summed E-state index contributed by atoms with van der Waals surface area (Å²) in [6.07, 6.45) is 0. The molecule has 0 fully saturated rings. The molecule has 0 aliphatic rings. The average Bonchev–Trinajstić information content (AvgIpc) is 2.85. The molecule has 2 aromatic rings. The van der Waals surface area contributed by atoms with Crippen LogP contribution in [0.1, 0.15) is 41.6 Å². The first kappa shape index (κ1) is 15.6. The van der Waals surface area contributed by atoms with E-state index < -0.39 is 23.3 Å². The van der Waals surface area contributed by atoms with E-state index in [9.17, 15) is 14.0 Å². The third kappa shape index (κ3) is 3.27. The molecule has 1 aromatic carbocycles. The SMILES string of the molecule is CC(C)(C)OC(=O)c1ccc(-c2n[nH]nc2C(N)=O)c(F)c1. The first-order chi connectivity index (χ1) is 10.2. The Labute approximate surface area is 125 Å². The Bertz CT molecular complexity index is 734. The van der Waals surface area contributed by atoms with Crippen LogP contribution < -0.4 is 5.73 Å². The lowest BCUT2D eigenvalue weighted by Crippen LogP contribution is -2.24. The highest BCUT2D eigenvalue weighted by atomic mass is 19.1. The zero-order valence-corrected chi connectivity index (χ0v) is 12.3. The first-order valence-electron chi connectivity index (χ1n) is 6.43. The van der Waals surface area contributed by atoms with Gasteiger partial charge in [0.15, 0.2) is 5.69 Å². The van der Waals surface area contributed by atoms with E-state index in [1.54, 1.807) is 20.8 Å². The van der Waals surface area contributed by atoms with Crippen molar-refractivity contribution in [1.29, 1.82) is 0 Å². The minimum absolute atomic E-state index is 0.00913. The predicted molar refractivity (Wildman–Crippen MR) is 75.5 cm³/mol. The summed E-state index contributed by atoms with van der Waals surface area (Å²) in [5, 5.41) is 9.49. The lowest BCUT2D eigenvalue weighted by Gasteiger charge is -2.19. The number of hydrogen-bond acceptors (Lipinski definition) is 5. The Balaban J connectivity index is 2.36. The lowest BCUT2D eigenvalue weighted by atomic mass is 10.1. The van der Waals surface area contributed by atoms with Gasteiger partial charge < -0.3 is 10.5 Å². The van der Waals surface area contributed by atoms with E-state index in [4.69, 9.17) is 10.5 Å². The Morgan fingerprint density at radius 2 is 1.95 bits per heavy atom. The third-order valence-electron chi connectivity index (χ3n) is 2.64. The van der Waals surface area contributed by atoms with Crippen molar-refractivity contribution in [2.75, 3.05) is 0 Å². The molecule has 1 heterocycles. The monoisotopic (exact) mass is 306 g/mol. The number of benzene rings is 1. The Morgan fingerprint density at radius 1 is 1.27 bits per heavy atom. The number of halogens is 1. The third-order valence-corrected chi connectivity index (χ3v) is 2.64. The summed E-state index contributed by atoms with van der Waals surface area (Å²) < 4.78 is 19.4. The predicted octanol–water partition coefficient (Wildman–Crippen LogP) is 1.66. The van der Waals surface area contributed by atoms with E-state index in [1.165, 1.54) is 12.1 Å². The zero-order valence-electron chi connectivity index (χ0n) is 12.3. The van der Waals surface area contributed by atoms with Crippen molar-refractivity contribution in [2.24, 2.45) is 5.73 Å². The number of nitrogens with two attached hydrogens (primary N) is 1. The number of carbonyl (C=O) groups excluding carboxylic acids is 2. The van der Waals surface area contributed by atoms with E-state index in [1.807, 2.05) is 0 Å². The van der Waals surface area contributed by atoms with E-state index in [2.05, 4.69) is 15.4 Å². The van der Waals surface area contributed by atoms with Crippen LogP contribution in [0.15, 0.2) is 18.2 Å². The lowest BCUT2D eigenvalue weighted by molar-refractivity contribution is 0.00689. The molecule has 116 valence electrons. The molecule has 7 nitrogen and oxygen atoms in total. The summed E-state index contributed by atoms with van der Waals surface area (Å²) in [4.78, 5) is 23.1. The van der Waals surface area contributed by atoms with Crippen molar-refractivity contribution in [3.63, 3.8) is 0 Å². The molecule has 0 saturated carbocycles. The number of nitrogens with zero attached hydrogens (tertiary/aromatic N) is 2. The van der Waals surface area contributed by atoms with E-state index >= 15 is 0 Å². The van der Waals surface area contributed by atoms with Crippen molar-refractivity contribution in [3.8, 4) is 11.3 Å². The van der Waals surface area contributed by atoms with Gasteiger partial charge in [0.05, 0.1) is 5.56 Å². The molecule has 0 saturated heterocycles. The van der Waals surface area contributed by atoms with Crippen LogP contribution in [0.25, 0.3) is 11.3 Å². The molecule has 1 aromatic heterocycles. The van der Waals surface area contributed by atoms with Gasteiger partial charge in [0.25, 0.3) is 5.91 Å². The number of H-pyrrole nitrogens is 1. The summed E-state index contributed by atoms with van der Waals surface area (Å²) >= 11 is 0. The van der Waals surface area contributed by atoms with Crippen LogP contribution in [0.4, 0.5) is 4.39 Å². The van der Waals surface area contributed by atoms with E-state index in [-0.39, 0.29) is 22.5 Å². The van der Waals surface area contributed by atoms with Crippen molar-refractivity contribution in [2.45, 2.75) is 26.4 Å². The number of ether oxygens (including phenoxy) is 1. The number of primary amides is 1. The quantitative estimate of drug-likeness (QED) is 0.838. The molecule has 0 spiro atoms. The molecule has 0 atom stereocenters. The molecular formula is C14H15FN4O3. The van der Waals surface area contributed by atoms with Gasteiger partial charge in [-0.1, -0.05) is 0 Å². The molecule has 0 aliphatic heterocycles. The standard InChI is InChI=1S/C14H15FN4O3/c1-14(2,3)22-13(21)7-4-5-8(9(15)6-7)10-11(12(16)20)18-19-17-10/h4-6H,1-3H3,(H2,16,20)(H,17,18,19). The van der Waals surface area contributed by atoms with Gasteiger partial charge in [0, 0.05) is 5.56 Å². The van der Waals surface area contributed by atoms with Crippen molar-refractivity contribution >= 4 is 11.9 Å². The van der Waals surface area contributed by atoms with Crippen LogP contribution in [-0.2, 0) is 4.74 Å². The number of rotatable bonds is 3. The van der Waals surface area contributed by atoms with Gasteiger partial charge in [-0.25, -0.2) is 9.18 Å². The van der Waals surface area contributed by atoms with Crippen LogP contribution in [0.5, 0.6) is 0 Å². The molecule has 0 radical (unpaired) electrons. The fourth-order valence-electron chi connectivity index (χ4n) is 1.76. The van der Waals surface area contributed by atoms with Crippen molar-refractivity contribution in [1.82, 2.24) is 15.4 Å². The smallest absolute Gasteiger partial charge is 0.338 e. The molecule has 8 heteroatoms. The number of hydrogen-bond donors (Lipinski definition) is 2. The largest absolute Gasteiger partial charge is 0.456 e. The van der Waals surface area contributed by atoms with Crippen LogP contribution in [-0.4, -0.2) is 32.9 Å². The normalized spacial score (nSPS) is 11.3. The molecule has 0 aliphatic carbocycles. The van der Waals surface area contributed by atoms with Crippen LogP contribution in [0.3, 0.4) is 0 Å². The van der Waals surface area contributed by atoms with Gasteiger partial charge in [0.1, 0.15) is 17.1 Å². The van der Waals surface area contributed by atoms with Crippen molar-refractivity contribution < 1.29 is 18.7 Å². The van der Waals surface area contributed by atoms with Gasteiger partial charge in [-0.3, -0.25) is 4.79 Å². The van der Waals surface area contributed by atoms with Crippen LogP contribution in [0.2, 0.25) is 0 Å². The Morgan fingerprint density at radius 3 is 2.50 bits per heavy atom. The molecule has 3 N–H and O–H groups in total. The van der Waals surface area contributed by atoms with Gasteiger partial charge in [0.2, 0.25) is 0 Å². The molecule has 22 heavy (non-hydrogen) atoms. The van der Waals surface area contributed by atoms with Crippen molar-refractivity contribution in [3.05, 3.63) is 35.3 Å². The molecule has 2 rings (SSSR count). The highest BCUT2D eigenvalue weighted by Gasteiger charge is 2.22. The Hall–Kier alpha value is -2.77. The second-order valence-corrected chi connectivity index (χ2v) is 5.58. The summed E-state index contributed by atoms with van der Waals surface area (Å²) in [6, 6.07) is 3.72. The fraction of sp³-hybridized carbons (Fsp3) is 0.286. The highest BCUT2D eigenvalue weighted by molar-refractivity contribution is 5.97. The summed E-state index contributed by atoms with van der Waals surface area (Å²) in [5.41, 5.74) is 4.33. The number of aromatic amines is 1. The van der Waals surface area contributed by atoms with E-state index in [0.29, 0.717) is 0 Å². The highest BCUT2D eigenvalue weighted by Crippen LogP contribution is 2.24. The van der Waals surface area contributed by atoms with Crippen LogP contribution in [0, 0.1) is 5.82 Å².